The first-order valence-electron chi connectivity index (χ1n) is 7.27. The molecule has 0 radical (unpaired) electrons. The minimum absolute atomic E-state index is 0.191. The van der Waals surface area contributed by atoms with Gasteiger partial charge in [0.1, 0.15) is 11.9 Å². The first-order chi connectivity index (χ1) is 9.13. The molecule has 2 atom stereocenters. The molecule has 1 saturated carbocycles. The number of halogens is 1. The van der Waals surface area contributed by atoms with Crippen molar-refractivity contribution in [1.82, 2.24) is 0 Å². The third-order valence-corrected chi connectivity index (χ3v) is 5.14. The molecule has 0 amide bonds. The average Bonchev–Trinajstić information content (AvgIpc) is 2.40. The molecule has 0 bridgehead atoms. The largest absolute Gasteiger partial charge is 0.490 e. The summed E-state index contributed by atoms with van der Waals surface area (Å²) in [5.74, 6) is 2.33. The second-order valence-electron chi connectivity index (χ2n) is 6.11. The van der Waals surface area contributed by atoms with E-state index in [9.17, 15) is 5.11 Å². The van der Waals surface area contributed by atoms with Gasteiger partial charge >= 0.3 is 0 Å². The van der Waals surface area contributed by atoms with Crippen LogP contribution in [-0.2, 0) is 0 Å². The highest BCUT2D eigenvalue weighted by molar-refractivity contribution is 9.10. The number of hydrogen-bond donors (Lipinski definition) is 1. The summed E-state index contributed by atoms with van der Waals surface area (Å²) in [6.07, 6.45) is 5.63. The fraction of sp³-hybridized carbons (Fsp3) is 0.625. The van der Waals surface area contributed by atoms with E-state index in [1.807, 2.05) is 18.2 Å². The first kappa shape index (κ1) is 13.4. The van der Waals surface area contributed by atoms with Crippen molar-refractivity contribution >= 4 is 15.9 Å². The quantitative estimate of drug-likeness (QED) is 0.826. The van der Waals surface area contributed by atoms with Crippen molar-refractivity contribution in [3.05, 3.63) is 28.2 Å². The second-order valence-corrected chi connectivity index (χ2v) is 7.03. The third kappa shape index (κ3) is 2.82. The zero-order chi connectivity index (χ0) is 13.4. The Bertz CT molecular complexity index is 452. The Hall–Kier alpha value is -0.540. The zero-order valence-electron chi connectivity index (χ0n) is 11.3. The molecule has 3 rings (SSSR count). The summed E-state index contributed by atoms with van der Waals surface area (Å²) in [6.45, 7) is 2.33. The average molecular weight is 325 g/mol. The number of fused-ring (bicyclic) bond motifs is 1. The molecule has 2 aliphatic rings. The van der Waals surface area contributed by atoms with Gasteiger partial charge in [-0.3, -0.25) is 0 Å². The van der Waals surface area contributed by atoms with Crippen LogP contribution in [0.1, 0.15) is 50.7 Å². The van der Waals surface area contributed by atoms with E-state index in [4.69, 9.17) is 4.74 Å². The Kier molecular flexibility index (Phi) is 3.86. The van der Waals surface area contributed by atoms with E-state index in [1.54, 1.807) is 0 Å². The van der Waals surface area contributed by atoms with E-state index in [0.717, 1.165) is 28.1 Å². The lowest BCUT2D eigenvalue weighted by Gasteiger charge is -2.37. The summed E-state index contributed by atoms with van der Waals surface area (Å²) in [6, 6.07) is 5.93. The Labute approximate surface area is 123 Å². The van der Waals surface area contributed by atoms with Crippen molar-refractivity contribution in [3.63, 3.8) is 0 Å². The molecular weight excluding hydrogens is 304 g/mol. The van der Waals surface area contributed by atoms with Crippen LogP contribution in [0.3, 0.4) is 0 Å². The monoisotopic (exact) mass is 324 g/mol. The van der Waals surface area contributed by atoms with E-state index in [-0.39, 0.29) is 12.2 Å². The van der Waals surface area contributed by atoms with Crippen LogP contribution in [0.5, 0.6) is 5.75 Å². The summed E-state index contributed by atoms with van der Waals surface area (Å²) >= 11 is 3.45. The summed E-state index contributed by atoms with van der Waals surface area (Å²) in [7, 11) is 0. The molecule has 1 aromatic rings. The SMILES string of the molecule is CC1CCC(C2CC(O)c3cc(Br)ccc3O2)CC1. The highest BCUT2D eigenvalue weighted by atomic mass is 79.9. The van der Waals surface area contributed by atoms with Crippen LogP contribution in [0.25, 0.3) is 0 Å². The maximum atomic E-state index is 10.3. The molecule has 0 saturated heterocycles. The molecule has 1 aliphatic heterocycles. The number of ether oxygens (including phenoxy) is 1. The third-order valence-electron chi connectivity index (χ3n) is 4.65. The van der Waals surface area contributed by atoms with E-state index >= 15 is 0 Å². The number of benzene rings is 1. The topological polar surface area (TPSA) is 29.5 Å². The van der Waals surface area contributed by atoms with Crippen LogP contribution in [-0.4, -0.2) is 11.2 Å². The van der Waals surface area contributed by atoms with Crippen molar-refractivity contribution in [1.29, 1.82) is 0 Å². The van der Waals surface area contributed by atoms with E-state index in [2.05, 4.69) is 22.9 Å². The van der Waals surface area contributed by atoms with Crippen LogP contribution in [0.2, 0.25) is 0 Å². The smallest absolute Gasteiger partial charge is 0.125 e. The van der Waals surface area contributed by atoms with Crippen LogP contribution in [0.4, 0.5) is 0 Å². The van der Waals surface area contributed by atoms with E-state index < -0.39 is 0 Å². The molecule has 1 aromatic carbocycles. The van der Waals surface area contributed by atoms with Crippen LogP contribution in [0, 0.1) is 11.8 Å². The Morgan fingerprint density at radius 2 is 1.95 bits per heavy atom. The molecule has 1 heterocycles. The predicted octanol–water partition coefficient (Wildman–Crippen LogP) is 4.46. The van der Waals surface area contributed by atoms with E-state index in [1.165, 1.54) is 25.7 Å². The van der Waals surface area contributed by atoms with Gasteiger partial charge < -0.3 is 9.84 Å². The summed E-state index contributed by atoms with van der Waals surface area (Å²) in [5, 5.41) is 10.3. The molecule has 1 aliphatic carbocycles. The van der Waals surface area contributed by atoms with Gasteiger partial charge in [-0.25, -0.2) is 0 Å². The number of aliphatic hydroxyl groups is 1. The van der Waals surface area contributed by atoms with Crippen molar-refractivity contribution in [2.24, 2.45) is 11.8 Å². The Morgan fingerprint density at radius 1 is 1.21 bits per heavy atom. The predicted molar refractivity (Wildman–Crippen MR) is 79.3 cm³/mol. The zero-order valence-corrected chi connectivity index (χ0v) is 12.9. The lowest BCUT2D eigenvalue weighted by atomic mass is 9.78. The van der Waals surface area contributed by atoms with Gasteiger partial charge in [0.25, 0.3) is 0 Å². The van der Waals surface area contributed by atoms with E-state index in [0.29, 0.717) is 5.92 Å². The number of aliphatic hydroxyl groups excluding tert-OH is 1. The van der Waals surface area contributed by atoms with Gasteiger partial charge in [-0.1, -0.05) is 35.7 Å². The lowest BCUT2D eigenvalue weighted by molar-refractivity contribution is 0.0194. The fourth-order valence-corrected chi connectivity index (χ4v) is 3.77. The molecule has 3 heteroatoms. The standard InChI is InChI=1S/C16H21BrO2/c1-10-2-4-11(5-3-10)16-9-14(18)13-8-12(17)6-7-15(13)19-16/h6-8,10-11,14,16,18H,2-5,9H2,1H3. The number of rotatable bonds is 1. The Balaban J connectivity index is 1.75. The van der Waals surface area contributed by atoms with Crippen molar-refractivity contribution in [2.75, 3.05) is 0 Å². The first-order valence-corrected chi connectivity index (χ1v) is 8.07. The maximum Gasteiger partial charge on any atom is 0.125 e. The molecule has 0 aromatic heterocycles. The van der Waals surface area contributed by atoms with Gasteiger partial charge in [-0.2, -0.15) is 0 Å². The molecule has 1 fully saturated rings. The lowest BCUT2D eigenvalue weighted by Crippen LogP contribution is -2.34. The summed E-state index contributed by atoms with van der Waals surface area (Å²) in [5.41, 5.74) is 0.926. The van der Waals surface area contributed by atoms with Crippen LogP contribution in [0.15, 0.2) is 22.7 Å². The second kappa shape index (κ2) is 5.45. The normalized spacial score (nSPS) is 34.5. The van der Waals surface area contributed by atoms with Crippen LogP contribution < -0.4 is 4.74 Å². The molecular formula is C16H21BrO2. The van der Waals surface area contributed by atoms with Crippen molar-refractivity contribution < 1.29 is 9.84 Å². The van der Waals surface area contributed by atoms with Gasteiger partial charge in [0, 0.05) is 16.5 Å². The minimum atomic E-state index is -0.384. The molecule has 104 valence electrons. The highest BCUT2D eigenvalue weighted by Gasteiger charge is 2.34. The van der Waals surface area contributed by atoms with Crippen molar-refractivity contribution in [2.45, 2.75) is 51.2 Å². The molecule has 1 N–H and O–H groups in total. The minimum Gasteiger partial charge on any atom is -0.490 e. The molecule has 2 nitrogen and oxygen atoms in total. The van der Waals surface area contributed by atoms with Gasteiger partial charge in [0.2, 0.25) is 0 Å². The van der Waals surface area contributed by atoms with Crippen LogP contribution >= 0.6 is 15.9 Å². The Morgan fingerprint density at radius 3 is 2.68 bits per heavy atom. The van der Waals surface area contributed by atoms with Gasteiger partial charge in [-0.15, -0.1) is 0 Å². The molecule has 2 unspecified atom stereocenters. The van der Waals surface area contributed by atoms with Crippen molar-refractivity contribution in [3.8, 4) is 5.75 Å². The summed E-state index contributed by atoms with van der Waals surface area (Å²) < 4.78 is 7.15. The molecule has 19 heavy (non-hydrogen) atoms. The fourth-order valence-electron chi connectivity index (χ4n) is 3.39. The number of hydrogen-bond acceptors (Lipinski definition) is 2. The maximum absolute atomic E-state index is 10.3. The van der Waals surface area contributed by atoms with Gasteiger partial charge in [0.15, 0.2) is 0 Å². The van der Waals surface area contributed by atoms with Gasteiger partial charge in [0.05, 0.1) is 6.10 Å². The molecule has 0 spiro atoms. The summed E-state index contributed by atoms with van der Waals surface area (Å²) in [4.78, 5) is 0. The van der Waals surface area contributed by atoms with Gasteiger partial charge in [-0.05, 0) is 42.9 Å². The highest BCUT2D eigenvalue weighted by Crippen LogP contribution is 2.41.